The highest BCUT2D eigenvalue weighted by Crippen LogP contribution is 2.33. The highest BCUT2D eigenvalue weighted by atomic mass is 35.5. The van der Waals surface area contributed by atoms with Crippen molar-refractivity contribution in [1.82, 2.24) is 9.97 Å². The molecule has 0 aliphatic heterocycles. The first-order valence-electron chi connectivity index (χ1n) is 5.01. The normalized spacial score (nSPS) is 10.2. The minimum Gasteiger partial charge on any atom is -0.319 e. The molecule has 0 spiro atoms. The highest BCUT2D eigenvalue weighted by Gasteiger charge is 2.21. The second-order valence-corrected chi connectivity index (χ2v) is 5.15. The number of nitrogens with one attached hydrogen (secondary N) is 1. The molecular formula is C10H7ClN4O3S. The zero-order chi connectivity index (χ0) is 14.0. The maximum atomic E-state index is 11.8. The van der Waals surface area contributed by atoms with E-state index in [4.69, 9.17) is 11.6 Å². The number of aromatic nitrogens is 2. The maximum Gasteiger partial charge on any atom is 0.299 e. The number of thiophene rings is 1. The summed E-state index contributed by atoms with van der Waals surface area (Å²) in [7, 11) is 0. The van der Waals surface area contributed by atoms with E-state index in [1.807, 2.05) is 0 Å². The Morgan fingerprint density at radius 1 is 1.47 bits per heavy atom. The molecule has 7 nitrogen and oxygen atoms in total. The number of amides is 1. The molecule has 2 aromatic heterocycles. The molecule has 1 amide bonds. The third-order valence-electron chi connectivity index (χ3n) is 2.13. The quantitative estimate of drug-likeness (QED) is 0.694. The molecule has 0 atom stereocenters. The van der Waals surface area contributed by atoms with E-state index in [2.05, 4.69) is 15.3 Å². The van der Waals surface area contributed by atoms with Crippen LogP contribution in [0, 0.1) is 17.0 Å². The second-order valence-electron chi connectivity index (χ2n) is 3.50. The monoisotopic (exact) mass is 298 g/mol. The van der Waals surface area contributed by atoms with Crippen LogP contribution in [0.1, 0.15) is 15.5 Å². The van der Waals surface area contributed by atoms with Crippen LogP contribution in [0.3, 0.4) is 0 Å². The van der Waals surface area contributed by atoms with Crippen LogP contribution in [0.15, 0.2) is 18.5 Å². The van der Waals surface area contributed by atoms with Gasteiger partial charge in [-0.2, -0.15) is 0 Å². The molecule has 0 saturated carbocycles. The van der Waals surface area contributed by atoms with Crippen molar-refractivity contribution < 1.29 is 9.72 Å². The summed E-state index contributed by atoms with van der Waals surface area (Å²) in [6.07, 6.45) is 2.90. The summed E-state index contributed by atoms with van der Waals surface area (Å²) in [5.74, 6) is 0.0836. The van der Waals surface area contributed by atoms with Crippen molar-refractivity contribution in [1.29, 1.82) is 0 Å². The van der Waals surface area contributed by atoms with Gasteiger partial charge in [-0.25, -0.2) is 9.97 Å². The Balaban J connectivity index is 2.18. The number of carbonyl (C=O) groups excluding carboxylic acids is 1. The molecule has 0 saturated heterocycles. The number of nitro groups is 1. The van der Waals surface area contributed by atoms with E-state index in [-0.39, 0.29) is 14.9 Å². The Bertz CT molecular complexity index is 641. The number of aryl methyl sites for hydroxylation is 1. The van der Waals surface area contributed by atoms with Gasteiger partial charge in [-0.05, 0) is 6.92 Å². The van der Waals surface area contributed by atoms with Crippen molar-refractivity contribution in [2.45, 2.75) is 6.92 Å². The fourth-order valence-corrected chi connectivity index (χ4v) is 2.36. The number of hydrogen-bond acceptors (Lipinski definition) is 6. The lowest BCUT2D eigenvalue weighted by Crippen LogP contribution is -2.10. The first kappa shape index (κ1) is 13.4. The van der Waals surface area contributed by atoms with Crippen molar-refractivity contribution >= 4 is 40.2 Å². The van der Waals surface area contributed by atoms with Crippen LogP contribution in [0.5, 0.6) is 0 Å². The summed E-state index contributed by atoms with van der Waals surface area (Å²) in [5, 5.41) is 13.2. The second kappa shape index (κ2) is 5.29. The first-order valence-corrected chi connectivity index (χ1v) is 6.20. The Morgan fingerprint density at radius 2 is 2.11 bits per heavy atom. The van der Waals surface area contributed by atoms with Gasteiger partial charge >= 0.3 is 0 Å². The van der Waals surface area contributed by atoms with Crippen molar-refractivity contribution in [3.8, 4) is 0 Å². The van der Waals surface area contributed by atoms with E-state index < -0.39 is 10.8 Å². The SMILES string of the molecule is Cc1ncc(NC(=O)c2cc([N+](=O)[O-])c(Cl)s2)cn1. The van der Waals surface area contributed by atoms with Gasteiger partial charge in [0.1, 0.15) is 10.7 Å². The van der Waals surface area contributed by atoms with Gasteiger partial charge < -0.3 is 5.32 Å². The molecule has 1 N–H and O–H groups in total. The van der Waals surface area contributed by atoms with Crippen LogP contribution in [-0.2, 0) is 0 Å². The summed E-state index contributed by atoms with van der Waals surface area (Å²) >= 11 is 6.52. The number of carbonyl (C=O) groups is 1. The van der Waals surface area contributed by atoms with E-state index in [0.717, 1.165) is 17.4 Å². The molecule has 2 aromatic rings. The topological polar surface area (TPSA) is 98.0 Å². The van der Waals surface area contributed by atoms with Crippen LogP contribution in [-0.4, -0.2) is 20.8 Å². The standard InChI is InChI=1S/C10H7ClN4O3S/c1-5-12-3-6(4-13-5)14-10(16)8-2-7(15(17)18)9(11)19-8/h2-4H,1H3,(H,14,16). The zero-order valence-electron chi connectivity index (χ0n) is 9.58. The Kier molecular flexibility index (Phi) is 3.72. The number of nitrogens with zero attached hydrogens (tertiary/aromatic N) is 3. The summed E-state index contributed by atoms with van der Waals surface area (Å²) < 4.78 is -0.0321. The maximum absolute atomic E-state index is 11.8. The van der Waals surface area contributed by atoms with E-state index in [9.17, 15) is 14.9 Å². The summed E-state index contributed by atoms with van der Waals surface area (Å²) in [4.78, 5) is 29.8. The van der Waals surface area contributed by atoms with E-state index in [0.29, 0.717) is 11.5 Å². The predicted molar refractivity (Wildman–Crippen MR) is 70.7 cm³/mol. The minimum atomic E-state index is -0.634. The molecule has 0 unspecified atom stereocenters. The smallest absolute Gasteiger partial charge is 0.299 e. The molecular weight excluding hydrogens is 292 g/mol. The van der Waals surface area contributed by atoms with E-state index in [1.54, 1.807) is 6.92 Å². The number of rotatable bonds is 3. The number of halogens is 1. The molecule has 98 valence electrons. The molecule has 0 aliphatic carbocycles. The largest absolute Gasteiger partial charge is 0.319 e. The molecule has 9 heteroatoms. The number of hydrogen-bond donors (Lipinski definition) is 1. The lowest BCUT2D eigenvalue weighted by atomic mass is 10.4. The van der Waals surface area contributed by atoms with Gasteiger partial charge in [-0.3, -0.25) is 14.9 Å². The summed E-state index contributed by atoms with van der Waals surface area (Å²) in [6, 6.07) is 1.14. The molecule has 0 radical (unpaired) electrons. The van der Waals surface area contributed by atoms with Crippen molar-refractivity contribution in [3.05, 3.63) is 43.6 Å². The first-order chi connectivity index (χ1) is 8.97. The van der Waals surface area contributed by atoms with E-state index in [1.165, 1.54) is 12.4 Å². The summed E-state index contributed by atoms with van der Waals surface area (Å²) in [6.45, 7) is 1.72. The highest BCUT2D eigenvalue weighted by molar-refractivity contribution is 7.18. The third-order valence-corrected chi connectivity index (χ3v) is 3.46. The molecule has 2 heterocycles. The van der Waals surface area contributed by atoms with E-state index >= 15 is 0 Å². The van der Waals surface area contributed by atoms with Crippen molar-refractivity contribution in [2.24, 2.45) is 0 Å². The molecule has 2 rings (SSSR count). The molecule has 0 fully saturated rings. The average molecular weight is 299 g/mol. The van der Waals surface area contributed by atoms with Gasteiger partial charge in [0, 0.05) is 6.07 Å². The molecule has 0 bridgehead atoms. The van der Waals surface area contributed by atoms with Crippen LogP contribution in [0.25, 0.3) is 0 Å². The molecule has 0 aromatic carbocycles. The van der Waals surface area contributed by atoms with Crippen molar-refractivity contribution in [2.75, 3.05) is 5.32 Å². The Labute approximate surface area is 116 Å². The van der Waals surface area contributed by atoms with Crippen LogP contribution < -0.4 is 5.32 Å². The van der Waals surface area contributed by atoms with Crippen molar-refractivity contribution in [3.63, 3.8) is 0 Å². The van der Waals surface area contributed by atoms with Gasteiger partial charge in [0.2, 0.25) is 0 Å². The molecule has 19 heavy (non-hydrogen) atoms. The average Bonchev–Trinajstić information content (AvgIpc) is 2.74. The third kappa shape index (κ3) is 3.04. The van der Waals surface area contributed by atoms with Crippen LogP contribution in [0.4, 0.5) is 11.4 Å². The molecule has 0 aliphatic rings. The fraction of sp³-hybridized carbons (Fsp3) is 0.100. The Hall–Kier alpha value is -2.06. The number of anilines is 1. The minimum absolute atomic E-state index is 0.0321. The van der Waals surface area contributed by atoms with Gasteiger partial charge in [0.25, 0.3) is 11.6 Å². The van der Waals surface area contributed by atoms with Gasteiger partial charge in [0.05, 0.1) is 23.0 Å². The van der Waals surface area contributed by atoms with Gasteiger partial charge in [-0.1, -0.05) is 11.6 Å². The predicted octanol–water partition coefficient (Wildman–Crippen LogP) is 2.66. The zero-order valence-corrected chi connectivity index (χ0v) is 11.2. The van der Waals surface area contributed by atoms with Crippen LogP contribution >= 0.6 is 22.9 Å². The lowest BCUT2D eigenvalue weighted by molar-refractivity contribution is -0.384. The van der Waals surface area contributed by atoms with Crippen LogP contribution in [0.2, 0.25) is 4.34 Å². The van der Waals surface area contributed by atoms with Gasteiger partial charge in [0.15, 0.2) is 4.34 Å². The lowest BCUT2D eigenvalue weighted by Gasteiger charge is -2.01. The fourth-order valence-electron chi connectivity index (χ4n) is 1.25. The van der Waals surface area contributed by atoms with Gasteiger partial charge in [-0.15, -0.1) is 11.3 Å². The Morgan fingerprint density at radius 3 is 2.63 bits per heavy atom. The summed E-state index contributed by atoms with van der Waals surface area (Å²) in [5.41, 5.74) is 0.125.